The van der Waals surface area contributed by atoms with Gasteiger partial charge in [0, 0.05) is 0 Å². The standard InChI is InChI=1S/C14H18F5N/c1-4-5-20-12(14(18,19)13(16)17)11-8(2)6-10(15)7-9(11)3/h6-7,12-13,20H,4-5H2,1-3H3. The average molecular weight is 295 g/mol. The Morgan fingerprint density at radius 2 is 1.65 bits per heavy atom. The molecule has 0 aromatic heterocycles. The minimum absolute atomic E-state index is 0.0325. The van der Waals surface area contributed by atoms with Crippen LogP contribution in [0.3, 0.4) is 0 Å². The smallest absolute Gasteiger partial charge is 0.305 e. The molecule has 0 fully saturated rings. The summed E-state index contributed by atoms with van der Waals surface area (Å²) in [7, 11) is 0. The van der Waals surface area contributed by atoms with E-state index in [4.69, 9.17) is 0 Å². The third-order valence-electron chi connectivity index (χ3n) is 3.12. The maximum atomic E-state index is 13.8. The summed E-state index contributed by atoms with van der Waals surface area (Å²) in [6, 6.07) is 0.317. The molecule has 1 aromatic carbocycles. The van der Waals surface area contributed by atoms with Crippen LogP contribution in [0.1, 0.15) is 36.1 Å². The molecule has 0 spiro atoms. The van der Waals surface area contributed by atoms with Crippen molar-refractivity contribution in [2.45, 2.75) is 45.6 Å². The molecule has 1 atom stereocenters. The number of hydrogen-bond acceptors (Lipinski definition) is 1. The van der Waals surface area contributed by atoms with Gasteiger partial charge in [-0.25, -0.2) is 13.2 Å². The van der Waals surface area contributed by atoms with E-state index in [2.05, 4.69) is 5.32 Å². The summed E-state index contributed by atoms with van der Waals surface area (Å²) in [5.74, 6) is -4.79. The average Bonchev–Trinajstić information content (AvgIpc) is 2.31. The van der Waals surface area contributed by atoms with Crippen molar-refractivity contribution in [3.63, 3.8) is 0 Å². The Kier molecular flexibility index (Phi) is 5.50. The Morgan fingerprint density at radius 3 is 2.05 bits per heavy atom. The van der Waals surface area contributed by atoms with Gasteiger partial charge in [0.2, 0.25) is 0 Å². The first-order valence-corrected chi connectivity index (χ1v) is 6.37. The largest absolute Gasteiger partial charge is 0.326 e. The van der Waals surface area contributed by atoms with Gasteiger partial charge in [-0.3, -0.25) is 0 Å². The van der Waals surface area contributed by atoms with Crippen LogP contribution in [0.15, 0.2) is 12.1 Å². The van der Waals surface area contributed by atoms with E-state index in [0.717, 1.165) is 12.1 Å². The van der Waals surface area contributed by atoms with Crippen LogP contribution in [-0.2, 0) is 0 Å². The van der Waals surface area contributed by atoms with Crippen LogP contribution in [0.2, 0.25) is 0 Å². The topological polar surface area (TPSA) is 12.0 Å². The molecule has 0 radical (unpaired) electrons. The fourth-order valence-electron chi connectivity index (χ4n) is 2.22. The SMILES string of the molecule is CCCNC(c1c(C)cc(F)cc1C)C(F)(F)C(F)F. The molecule has 20 heavy (non-hydrogen) atoms. The molecule has 0 amide bonds. The lowest BCUT2D eigenvalue weighted by Gasteiger charge is -2.30. The Bertz CT molecular complexity index is 436. The van der Waals surface area contributed by atoms with Gasteiger partial charge in [-0.05, 0) is 55.6 Å². The second kappa shape index (κ2) is 6.52. The van der Waals surface area contributed by atoms with Gasteiger partial charge < -0.3 is 5.32 Å². The predicted octanol–water partition coefficient (Wildman–Crippen LogP) is 4.38. The summed E-state index contributed by atoms with van der Waals surface area (Å²) in [5, 5.41) is 2.46. The van der Waals surface area contributed by atoms with Crippen molar-refractivity contribution in [2.24, 2.45) is 0 Å². The molecule has 1 unspecified atom stereocenters. The van der Waals surface area contributed by atoms with Crippen LogP contribution in [0.5, 0.6) is 0 Å². The molecular weight excluding hydrogens is 277 g/mol. The second-order valence-corrected chi connectivity index (χ2v) is 4.82. The van der Waals surface area contributed by atoms with Crippen LogP contribution < -0.4 is 5.32 Å². The van der Waals surface area contributed by atoms with Crippen LogP contribution in [0.4, 0.5) is 22.0 Å². The Morgan fingerprint density at radius 1 is 1.15 bits per heavy atom. The highest BCUT2D eigenvalue weighted by Crippen LogP contribution is 2.39. The molecule has 1 rings (SSSR count). The highest BCUT2D eigenvalue weighted by molar-refractivity contribution is 5.38. The molecule has 0 saturated carbocycles. The minimum Gasteiger partial charge on any atom is -0.305 e. The number of alkyl halides is 4. The minimum atomic E-state index is -4.22. The number of benzene rings is 1. The predicted molar refractivity (Wildman–Crippen MR) is 67.9 cm³/mol. The quantitative estimate of drug-likeness (QED) is 0.768. The fourth-order valence-corrected chi connectivity index (χ4v) is 2.22. The van der Waals surface area contributed by atoms with Crippen LogP contribution in [-0.4, -0.2) is 18.9 Å². The molecule has 1 nitrogen and oxygen atoms in total. The van der Waals surface area contributed by atoms with Crippen molar-refractivity contribution < 1.29 is 22.0 Å². The molecule has 0 aliphatic rings. The Labute approximate surface area is 115 Å². The van der Waals surface area contributed by atoms with Gasteiger partial charge >= 0.3 is 12.3 Å². The van der Waals surface area contributed by atoms with Crippen molar-refractivity contribution in [2.75, 3.05) is 6.54 Å². The molecule has 0 aliphatic carbocycles. The zero-order valence-electron chi connectivity index (χ0n) is 11.6. The van der Waals surface area contributed by atoms with Gasteiger partial charge in [-0.1, -0.05) is 6.92 Å². The van der Waals surface area contributed by atoms with E-state index in [-0.39, 0.29) is 23.2 Å². The molecule has 6 heteroatoms. The molecule has 0 bridgehead atoms. The van der Waals surface area contributed by atoms with E-state index in [0.29, 0.717) is 6.42 Å². The summed E-state index contributed by atoms with van der Waals surface area (Å²) < 4.78 is 66.1. The van der Waals surface area contributed by atoms with Gasteiger partial charge in [0.25, 0.3) is 0 Å². The highest BCUT2D eigenvalue weighted by atomic mass is 19.3. The van der Waals surface area contributed by atoms with Crippen molar-refractivity contribution in [1.29, 1.82) is 0 Å². The number of rotatable bonds is 6. The number of nitrogens with one attached hydrogen (secondary N) is 1. The lowest BCUT2D eigenvalue weighted by molar-refractivity contribution is -0.151. The normalized spacial score (nSPS) is 13.8. The summed E-state index contributed by atoms with van der Waals surface area (Å²) in [5.41, 5.74) is 0.498. The van der Waals surface area contributed by atoms with E-state index in [9.17, 15) is 22.0 Å². The van der Waals surface area contributed by atoms with Crippen molar-refractivity contribution in [1.82, 2.24) is 5.32 Å². The van der Waals surface area contributed by atoms with E-state index in [1.165, 1.54) is 13.8 Å². The van der Waals surface area contributed by atoms with Gasteiger partial charge in [0.05, 0.1) is 0 Å². The molecule has 0 aliphatic heterocycles. The van der Waals surface area contributed by atoms with E-state index in [1.54, 1.807) is 6.92 Å². The first-order valence-electron chi connectivity index (χ1n) is 6.37. The Balaban J connectivity index is 3.31. The maximum absolute atomic E-state index is 13.8. The van der Waals surface area contributed by atoms with Crippen molar-refractivity contribution in [3.05, 3.63) is 34.6 Å². The Hall–Kier alpha value is -1.17. The molecule has 114 valence electrons. The van der Waals surface area contributed by atoms with Crippen molar-refractivity contribution in [3.8, 4) is 0 Å². The lowest BCUT2D eigenvalue weighted by Crippen LogP contribution is -2.43. The number of hydrogen-bond donors (Lipinski definition) is 1. The summed E-state index contributed by atoms with van der Waals surface area (Å²) in [6.45, 7) is 4.79. The monoisotopic (exact) mass is 295 g/mol. The first-order chi connectivity index (χ1) is 9.21. The maximum Gasteiger partial charge on any atom is 0.326 e. The van der Waals surface area contributed by atoms with E-state index in [1.807, 2.05) is 0 Å². The third kappa shape index (κ3) is 3.48. The van der Waals surface area contributed by atoms with E-state index >= 15 is 0 Å². The van der Waals surface area contributed by atoms with Crippen molar-refractivity contribution >= 4 is 0 Å². The lowest BCUT2D eigenvalue weighted by atomic mass is 9.91. The second-order valence-electron chi connectivity index (χ2n) is 4.82. The van der Waals surface area contributed by atoms with Crippen LogP contribution >= 0.6 is 0 Å². The third-order valence-corrected chi connectivity index (χ3v) is 3.12. The number of aryl methyl sites for hydroxylation is 2. The van der Waals surface area contributed by atoms with Gasteiger partial charge in [-0.15, -0.1) is 0 Å². The first kappa shape index (κ1) is 16.9. The summed E-state index contributed by atoms with van der Waals surface area (Å²) >= 11 is 0. The summed E-state index contributed by atoms with van der Waals surface area (Å²) in [4.78, 5) is 0. The highest BCUT2D eigenvalue weighted by Gasteiger charge is 2.50. The van der Waals surface area contributed by atoms with Gasteiger partial charge in [-0.2, -0.15) is 8.78 Å². The zero-order valence-corrected chi connectivity index (χ0v) is 11.6. The molecule has 0 heterocycles. The van der Waals surface area contributed by atoms with Gasteiger partial charge in [0.15, 0.2) is 0 Å². The van der Waals surface area contributed by atoms with Gasteiger partial charge in [0.1, 0.15) is 11.9 Å². The van der Waals surface area contributed by atoms with Crippen LogP contribution in [0, 0.1) is 19.7 Å². The molecule has 1 aromatic rings. The molecule has 1 N–H and O–H groups in total. The number of halogens is 5. The summed E-state index contributed by atoms with van der Waals surface area (Å²) in [6.07, 6.45) is -3.27. The van der Waals surface area contributed by atoms with Crippen LogP contribution in [0.25, 0.3) is 0 Å². The van der Waals surface area contributed by atoms with E-state index < -0.39 is 24.2 Å². The fraction of sp³-hybridized carbons (Fsp3) is 0.571. The zero-order chi connectivity index (χ0) is 15.5. The molecular formula is C14H18F5N. The molecule has 0 saturated heterocycles.